The van der Waals surface area contributed by atoms with E-state index in [2.05, 4.69) is 5.32 Å². The van der Waals surface area contributed by atoms with Crippen LogP contribution in [0, 0.1) is 5.92 Å². The molecule has 1 heterocycles. The molecule has 3 rings (SSSR count). The number of carbonyl (C=O) groups is 1. The molecule has 1 amide bonds. The second-order valence-electron chi connectivity index (χ2n) is 6.20. The first-order valence-corrected chi connectivity index (χ1v) is 8.89. The number of benzene rings is 2. The first-order chi connectivity index (χ1) is 12.1. The second-order valence-corrected chi connectivity index (χ2v) is 6.64. The van der Waals surface area contributed by atoms with Crippen LogP contribution < -0.4 is 14.8 Å². The number of amides is 1. The third-order valence-electron chi connectivity index (χ3n) is 4.33. The molecular formula is C20H22ClNO3. The summed E-state index contributed by atoms with van der Waals surface area (Å²) in [5.74, 6) is 1.39. The van der Waals surface area contributed by atoms with Gasteiger partial charge < -0.3 is 14.8 Å². The van der Waals surface area contributed by atoms with Gasteiger partial charge in [-0.2, -0.15) is 0 Å². The Kier molecular flexibility index (Phi) is 5.49. The maximum atomic E-state index is 12.6. The lowest BCUT2D eigenvalue weighted by molar-refractivity contribution is -0.126. The maximum Gasteiger partial charge on any atom is 0.227 e. The van der Waals surface area contributed by atoms with E-state index in [1.54, 1.807) is 6.07 Å². The average molecular weight is 360 g/mol. The summed E-state index contributed by atoms with van der Waals surface area (Å²) in [5, 5.41) is 3.73. The molecular weight excluding hydrogens is 338 g/mol. The van der Waals surface area contributed by atoms with E-state index >= 15 is 0 Å². The standard InChI is InChI=1S/C20H22ClNO3/c1-3-24-18-6-4-5-14(11-18)13(2)22-20(23)16-9-15-10-17(21)7-8-19(15)25-12-16/h4-8,10-11,13,16H,3,9,12H2,1-2H3,(H,22,23). The van der Waals surface area contributed by atoms with Gasteiger partial charge in [0.2, 0.25) is 5.91 Å². The molecule has 1 N–H and O–H groups in total. The number of fused-ring (bicyclic) bond motifs is 1. The van der Waals surface area contributed by atoms with Gasteiger partial charge in [-0.15, -0.1) is 0 Å². The zero-order valence-electron chi connectivity index (χ0n) is 14.4. The van der Waals surface area contributed by atoms with Crippen LogP contribution in [0.5, 0.6) is 11.5 Å². The van der Waals surface area contributed by atoms with Crippen LogP contribution in [0.2, 0.25) is 5.02 Å². The smallest absolute Gasteiger partial charge is 0.227 e. The topological polar surface area (TPSA) is 47.6 Å². The van der Waals surface area contributed by atoms with Crippen LogP contribution in [0.25, 0.3) is 0 Å². The van der Waals surface area contributed by atoms with E-state index in [1.807, 2.05) is 50.2 Å². The predicted octanol–water partition coefficient (Wildman–Crippen LogP) is 4.17. The molecule has 2 atom stereocenters. The average Bonchev–Trinajstić information content (AvgIpc) is 2.61. The molecule has 0 aliphatic carbocycles. The van der Waals surface area contributed by atoms with E-state index in [4.69, 9.17) is 21.1 Å². The van der Waals surface area contributed by atoms with Gasteiger partial charge in [-0.25, -0.2) is 0 Å². The SMILES string of the molecule is CCOc1cccc(C(C)NC(=O)C2COc3ccc(Cl)cc3C2)c1. The van der Waals surface area contributed by atoms with Crippen molar-refractivity contribution in [3.05, 3.63) is 58.6 Å². The van der Waals surface area contributed by atoms with Gasteiger partial charge in [-0.1, -0.05) is 23.7 Å². The third kappa shape index (κ3) is 4.26. The number of halogens is 1. The van der Waals surface area contributed by atoms with Gasteiger partial charge in [-0.05, 0) is 61.7 Å². The lowest BCUT2D eigenvalue weighted by atomic mass is 9.95. The normalized spacial score (nSPS) is 17.2. The highest BCUT2D eigenvalue weighted by Crippen LogP contribution is 2.30. The Bertz CT molecular complexity index is 762. The lowest BCUT2D eigenvalue weighted by Gasteiger charge is -2.26. The molecule has 2 aromatic rings. The monoisotopic (exact) mass is 359 g/mol. The van der Waals surface area contributed by atoms with Crippen molar-refractivity contribution in [2.45, 2.75) is 26.3 Å². The van der Waals surface area contributed by atoms with Gasteiger partial charge in [0.05, 0.1) is 18.6 Å². The van der Waals surface area contributed by atoms with Crippen molar-refractivity contribution in [3.63, 3.8) is 0 Å². The Hall–Kier alpha value is -2.20. The fourth-order valence-corrected chi connectivity index (χ4v) is 3.18. The van der Waals surface area contributed by atoms with Crippen molar-refractivity contribution in [2.75, 3.05) is 13.2 Å². The lowest BCUT2D eigenvalue weighted by Crippen LogP contribution is -2.38. The van der Waals surface area contributed by atoms with Crippen LogP contribution in [0.3, 0.4) is 0 Å². The van der Waals surface area contributed by atoms with E-state index in [0.29, 0.717) is 24.7 Å². The third-order valence-corrected chi connectivity index (χ3v) is 4.56. The molecule has 25 heavy (non-hydrogen) atoms. The number of rotatable bonds is 5. The van der Waals surface area contributed by atoms with Crippen molar-refractivity contribution in [3.8, 4) is 11.5 Å². The summed E-state index contributed by atoms with van der Waals surface area (Å²) in [7, 11) is 0. The van der Waals surface area contributed by atoms with E-state index in [0.717, 1.165) is 22.6 Å². The van der Waals surface area contributed by atoms with Gasteiger partial charge in [0.1, 0.15) is 18.1 Å². The van der Waals surface area contributed by atoms with E-state index in [1.165, 1.54) is 0 Å². The maximum absolute atomic E-state index is 12.6. The molecule has 0 spiro atoms. The highest BCUT2D eigenvalue weighted by atomic mass is 35.5. The van der Waals surface area contributed by atoms with Gasteiger partial charge >= 0.3 is 0 Å². The van der Waals surface area contributed by atoms with Gasteiger partial charge in [0.15, 0.2) is 0 Å². The Morgan fingerprint density at radius 2 is 2.20 bits per heavy atom. The zero-order chi connectivity index (χ0) is 17.8. The molecule has 0 saturated heterocycles. The highest BCUT2D eigenvalue weighted by molar-refractivity contribution is 6.30. The Balaban J connectivity index is 1.65. The minimum Gasteiger partial charge on any atom is -0.494 e. The predicted molar refractivity (Wildman–Crippen MR) is 98.3 cm³/mol. The number of hydrogen-bond donors (Lipinski definition) is 1. The molecule has 0 radical (unpaired) electrons. The summed E-state index contributed by atoms with van der Waals surface area (Å²) in [4.78, 5) is 12.6. The molecule has 5 heteroatoms. The fourth-order valence-electron chi connectivity index (χ4n) is 2.99. The van der Waals surface area contributed by atoms with Crippen LogP contribution >= 0.6 is 11.6 Å². The molecule has 0 aromatic heterocycles. The van der Waals surface area contributed by atoms with Crippen LogP contribution in [0.1, 0.15) is 31.0 Å². The molecule has 132 valence electrons. The molecule has 0 bridgehead atoms. The van der Waals surface area contributed by atoms with Crippen molar-refractivity contribution < 1.29 is 14.3 Å². The minimum absolute atomic E-state index is 0.0139. The second kappa shape index (κ2) is 7.79. The van der Waals surface area contributed by atoms with Gasteiger partial charge in [-0.3, -0.25) is 4.79 Å². The quantitative estimate of drug-likeness (QED) is 0.871. The number of ether oxygens (including phenoxy) is 2. The molecule has 1 aliphatic heterocycles. The minimum atomic E-state index is -0.219. The summed E-state index contributed by atoms with van der Waals surface area (Å²) in [6, 6.07) is 13.2. The van der Waals surface area contributed by atoms with E-state index in [9.17, 15) is 4.79 Å². The first-order valence-electron chi connectivity index (χ1n) is 8.51. The molecule has 4 nitrogen and oxygen atoms in total. The van der Waals surface area contributed by atoms with Crippen LogP contribution in [0.4, 0.5) is 0 Å². The Labute approximate surface area is 153 Å². The van der Waals surface area contributed by atoms with Crippen LogP contribution in [-0.4, -0.2) is 19.1 Å². The Morgan fingerprint density at radius 1 is 1.36 bits per heavy atom. The summed E-state index contributed by atoms with van der Waals surface area (Å²) >= 11 is 6.04. The van der Waals surface area contributed by atoms with Crippen molar-refractivity contribution in [2.24, 2.45) is 5.92 Å². The summed E-state index contributed by atoms with van der Waals surface area (Å²) in [6.07, 6.45) is 0.632. The fraction of sp³-hybridized carbons (Fsp3) is 0.350. The largest absolute Gasteiger partial charge is 0.494 e. The molecule has 0 saturated carbocycles. The van der Waals surface area contributed by atoms with Gasteiger partial charge in [0.25, 0.3) is 0 Å². The number of carbonyl (C=O) groups excluding carboxylic acids is 1. The summed E-state index contributed by atoms with van der Waals surface area (Å²) in [6.45, 7) is 4.92. The summed E-state index contributed by atoms with van der Waals surface area (Å²) in [5.41, 5.74) is 1.99. The molecule has 2 unspecified atom stereocenters. The molecule has 2 aromatic carbocycles. The Morgan fingerprint density at radius 3 is 3.00 bits per heavy atom. The van der Waals surface area contributed by atoms with Gasteiger partial charge in [0, 0.05) is 5.02 Å². The first kappa shape index (κ1) is 17.6. The van der Waals surface area contributed by atoms with Crippen molar-refractivity contribution in [1.29, 1.82) is 0 Å². The summed E-state index contributed by atoms with van der Waals surface area (Å²) < 4.78 is 11.2. The van der Waals surface area contributed by atoms with E-state index in [-0.39, 0.29) is 17.9 Å². The van der Waals surface area contributed by atoms with E-state index < -0.39 is 0 Å². The molecule has 1 aliphatic rings. The van der Waals surface area contributed by atoms with Crippen LogP contribution in [-0.2, 0) is 11.2 Å². The van der Waals surface area contributed by atoms with Crippen molar-refractivity contribution in [1.82, 2.24) is 5.32 Å². The van der Waals surface area contributed by atoms with Crippen LogP contribution in [0.15, 0.2) is 42.5 Å². The van der Waals surface area contributed by atoms with Crippen molar-refractivity contribution >= 4 is 17.5 Å². The molecule has 0 fully saturated rings. The highest BCUT2D eigenvalue weighted by Gasteiger charge is 2.27. The number of nitrogens with one attached hydrogen (secondary N) is 1. The number of hydrogen-bond acceptors (Lipinski definition) is 3. The zero-order valence-corrected chi connectivity index (χ0v) is 15.2.